The van der Waals surface area contributed by atoms with Gasteiger partial charge in [-0.05, 0) is 25.1 Å². The Kier molecular flexibility index (Phi) is 5.46. The lowest BCUT2D eigenvalue weighted by molar-refractivity contribution is 0.579. The highest BCUT2D eigenvalue weighted by molar-refractivity contribution is 7.89. The van der Waals surface area contributed by atoms with Gasteiger partial charge < -0.3 is 5.32 Å². The van der Waals surface area contributed by atoms with Crippen LogP contribution in [0.15, 0.2) is 34.7 Å². The van der Waals surface area contributed by atoms with E-state index in [9.17, 15) is 8.42 Å². The molecule has 2 rings (SSSR count). The number of benzene rings is 1. The van der Waals surface area contributed by atoms with E-state index >= 15 is 0 Å². The monoisotopic (exact) mass is 325 g/mol. The van der Waals surface area contributed by atoms with E-state index in [-0.39, 0.29) is 6.54 Å². The number of hydrogen-bond acceptors (Lipinski definition) is 5. The van der Waals surface area contributed by atoms with Crippen LogP contribution < -0.4 is 10.0 Å². The molecule has 0 spiro atoms. The first-order chi connectivity index (χ1) is 10.0. The van der Waals surface area contributed by atoms with Crippen molar-refractivity contribution in [1.29, 1.82) is 0 Å². The molecule has 2 N–H and O–H groups in total. The Hall–Kier alpha value is -1.28. The summed E-state index contributed by atoms with van der Waals surface area (Å²) < 4.78 is 27.6. The molecule has 0 aliphatic heterocycles. The summed E-state index contributed by atoms with van der Waals surface area (Å²) in [5.74, 6) is 0. The molecule has 0 radical (unpaired) electrons. The highest BCUT2D eigenvalue weighted by atomic mass is 32.2. The molecule has 0 bridgehead atoms. The van der Waals surface area contributed by atoms with E-state index in [1.54, 1.807) is 17.6 Å². The molecule has 21 heavy (non-hydrogen) atoms. The van der Waals surface area contributed by atoms with Crippen molar-refractivity contribution in [2.24, 2.45) is 0 Å². The topological polar surface area (TPSA) is 71.1 Å². The van der Waals surface area contributed by atoms with Crippen molar-refractivity contribution in [3.63, 3.8) is 0 Å². The molecule has 0 amide bonds. The first kappa shape index (κ1) is 16.1. The van der Waals surface area contributed by atoms with Gasteiger partial charge in [0, 0.05) is 18.0 Å². The van der Waals surface area contributed by atoms with Gasteiger partial charge in [-0.2, -0.15) is 0 Å². The van der Waals surface area contributed by atoms with Gasteiger partial charge in [0.1, 0.15) is 0 Å². The predicted molar refractivity (Wildman–Crippen MR) is 84.7 cm³/mol. The van der Waals surface area contributed by atoms with Crippen LogP contribution in [-0.4, -0.2) is 19.9 Å². The van der Waals surface area contributed by atoms with Crippen LogP contribution in [0.1, 0.15) is 23.1 Å². The number of aryl methyl sites for hydroxylation is 1. The fourth-order valence-corrected chi connectivity index (χ4v) is 3.95. The van der Waals surface area contributed by atoms with Gasteiger partial charge in [0.15, 0.2) is 0 Å². The standard InChI is InChI=1S/C14H19N3O2S2/c1-3-15-8-12-6-4-5-7-14(12)21(18,19)17-9-13-11(2)16-10-20-13/h4-7,10,15,17H,3,8-9H2,1-2H3. The molecule has 114 valence electrons. The lowest BCUT2D eigenvalue weighted by atomic mass is 10.2. The van der Waals surface area contributed by atoms with Crippen LogP contribution in [0.2, 0.25) is 0 Å². The van der Waals surface area contributed by atoms with Gasteiger partial charge in [-0.25, -0.2) is 18.1 Å². The summed E-state index contributed by atoms with van der Waals surface area (Å²) in [6.45, 7) is 5.46. The van der Waals surface area contributed by atoms with E-state index in [4.69, 9.17) is 0 Å². The quantitative estimate of drug-likeness (QED) is 0.817. The van der Waals surface area contributed by atoms with Gasteiger partial charge in [-0.3, -0.25) is 0 Å². The molecule has 0 aliphatic rings. The Morgan fingerprint density at radius 3 is 2.67 bits per heavy atom. The van der Waals surface area contributed by atoms with Crippen LogP contribution in [0, 0.1) is 6.92 Å². The Labute approximate surface area is 129 Å². The van der Waals surface area contributed by atoms with Gasteiger partial charge in [0.25, 0.3) is 0 Å². The average molecular weight is 325 g/mol. The highest BCUT2D eigenvalue weighted by Crippen LogP contribution is 2.17. The van der Waals surface area contributed by atoms with E-state index in [0.717, 1.165) is 22.7 Å². The third kappa shape index (κ3) is 4.10. The van der Waals surface area contributed by atoms with Crippen LogP contribution in [-0.2, 0) is 23.1 Å². The molecule has 0 saturated carbocycles. The normalized spacial score (nSPS) is 11.7. The molecular formula is C14H19N3O2S2. The number of sulfonamides is 1. The third-order valence-corrected chi connectivity index (χ3v) is 5.53. The van der Waals surface area contributed by atoms with E-state index < -0.39 is 10.0 Å². The molecule has 7 heteroatoms. The summed E-state index contributed by atoms with van der Waals surface area (Å²) in [7, 11) is -3.53. The van der Waals surface area contributed by atoms with Crippen molar-refractivity contribution in [1.82, 2.24) is 15.0 Å². The van der Waals surface area contributed by atoms with Crippen LogP contribution in [0.3, 0.4) is 0 Å². The van der Waals surface area contributed by atoms with Crippen molar-refractivity contribution < 1.29 is 8.42 Å². The zero-order chi connectivity index (χ0) is 15.3. The first-order valence-corrected chi connectivity index (χ1v) is 9.08. The predicted octanol–water partition coefficient (Wildman–Crippen LogP) is 2.04. The zero-order valence-corrected chi connectivity index (χ0v) is 13.7. The minimum atomic E-state index is -3.53. The summed E-state index contributed by atoms with van der Waals surface area (Å²) >= 11 is 1.45. The van der Waals surface area contributed by atoms with Crippen molar-refractivity contribution in [3.8, 4) is 0 Å². The second kappa shape index (κ2) is 7.13. The van der Waals surface area contributed by atoms with Crippen molar-refractivity contribution in [2.75, 3.05) is 6.54 Å². The lowest BCUT2D eigenvalue weighted by Gasteiger charge is -2.11. The maximum atomic E-state index is 12.5. The minimum Gasteiger partial charge on any atom is -0.313 e. The third-order valence-electron chi connectivity index (χ3n) is 3.10. The molecule has 5 nitrogen and oxygen atoms in total. The number of rotatable bonds is 7. The summed E-state index contributed by atoms with van der Waals surface area (Å²) in [4.78, 5) is 5.38. The number of thiazole rings is 1. The van der Waals surface area contributed by atoms with Crippen LogP contribution in [0.25, 0.3) is 0 Å². The van der Waals surface area contributed by atoms with Gasteiger partial charge in [0.05, 0.1) is 16.1 Å². The molecule has 0 aliphatic carbocycles. The van der Waals surface area contributed by atoms with Crippen LogP contribution in [0.4, 0.5) is 0 Å². The van der Waals surface area contributed by atoms with E-state index in [2.05, 4.69) is 15.0 Å². The molecule has 0 saturated heterocycles. The van der Waals surface area contributed by atoms with Gasteiger partial charge in [-0.1, -0.05) is 25.1 Å². The number of nitrogens with zero attached hydrogens (tertiary/aromatic N) is 1. The summed E-state index contributed by atoms with van der Waals surface area (Å²) in [5.41, 5.74) is 3.36. The molecule has 0 fully saturated rings. The van der Waals surface area contributed by atoms with Crippen LogP contribution >= 0.6 is 11.3 Å². The Balaban J connectivity index is 2.17. The maximum absolute atomic E-state index is 12.5. The molecular weight excluding hydrogens is 306 g/mol. The molecule has 1 aromatic heterocycles. The van der Waals surface area contributed by atoms with E-state index in [1.165, 1.54) is 11.3 Å². The number of hydrogen-bond donors (Lipinski definition) is 2. The molecule has 0 unspecified atom stereocenters. The molecule has 2 aromatic rings. The summed E-state index contributed by atoms with van der Waals surface area (Å²) in [5, 5.41) is 3.16. The van der Waals surface area contributed by atoms with Gasteiger partial charge in [-0.15, -0.1) is 11.3 Å². The van der Waals surface area contributed by atoms with Gasteiger partial charge in [0.2, 0.25) is 10.0 Å². The smallest absolute Gasteiger partial charge is 0.241 e. The Morgan fingerprint density at radius 1 is 1.24 bits per heavy atom. The number of nitrogens with one attached hydrogen (secondary N) is 2. The van der Waals surface area contributed by atoms with Crippen molar-refractivity contribution >= 4 is 21.4 Å². The highest BCUT2D eigenvalue weighted by Gasteiger charge is 2.18. The second-order valence-corrected chi connectivity index (χ2v) is 7.25. The fourth-order valence-electron chi connectivity index (χ4n) is 1.91. The van der Waals surface area contributed by atoms with Crippen LogP contribution in [0.5, 0.6) is 0 Å². The maximum Gasteiger partial charge on any atom is 0.241 e. The zero-order valence-electron chi connectivity index (χ0n) is 12.1. The summed E-state index contributed by atoms with van der Waals surface area (Å²) in [6, 6.07) is 7.05. The molecule has 0 atom stereocenters. The molecule has 1 heterocycles. The van der Waals surface area contributed by atoms with E-state index in [0.29, 0.717) is 11.4 Å². The Morgan fingerprint density at radius 2 is 2.00 bits per heavy atom. The first-order valence-electron chi connectivity index (χ1n) is 6.72. The SMILES string of the molecule is CCNCc1ccccc1S(=O)(=O)NCc1scnc1C. The number of aromatic nitrogens is 1. The Bertz CT molecular complexity index is 696. The summed E-state index contributed by atoms with van der Waals surface area (Å²) in [6.07, 6.45) is 0. The van der Waals surface area contributed by atoms with E-state index in [1.807, 2.05) is 26.0 Å². The lowest BCUT2D eigenvalue weighted by Crippen LogP contribution is -2.25. The fraction of sp³-hybridized carbons (Fsp3) is 0.357. The van der Waals surface area contributed by atoms with Crippen molar-refractivity contribution in [3.05, 3.63) is 45.9 Å². The van der Waals surface area contributed by atoms with Gasteiger partial charge >= 0.3 is 0 Å². The minimum absolute atomic E-state index is 0.272. The second-order valence-electron chi connectivity index (χ2n) is 4.57. The largest absolute Gasteiger partial charge is 0.313 e. The van der Waals surface area contributed by atoms with Crippen molar-refractivity contribution in [2.45, 2.75) is 31.8 Å². The average Bonchev–Trinajstić information content (AvgIpc) is 2.89. The molecule has 1 aromatic carbocycles.